The molecule has 0 saturated heterocycles. The molecule has 0 amide bonds. The Morgan fingerprint density at radius 3 is 2.59 bits per heavy atom. The average Bonchev–Trinajstić information content (AvgIpc) is 3.13. The number of fused-ring (bicyclic) bond motifs is 7. The van der Waals surface area contributed by atoms with Gasteiger partial charge in [-0.05, 0) is 30.2 Å². The van der Waals surface area contributed by atoms with Crippen LogP contribution < -0.4 is 4.57 Å². The fourth-order valence-corrected chi connectivity index (χ4v) is 4.94. The highest BCUT2D eigenvalue weighted by molar-refractivity contribution is 6.11. The number of nitrogens with zero attached hydrogens (tertiary/aromatic N) is 1. The first kappa shape index (κ1) is 16.6. The van der Waals surface area contributed by atoms with E-state index in [9.17, 15) is 0 Å². The van der Waals surface area contributed by atoms with Crippen LogP contribution in [0.25, 0.3) is 39.3 Å². The largest absolute Gasteiger partial charge is 0.455 e. The van der Waals surface area contributed by atoms with Crippen LogP contribution in [0.4, 0.5) is 0 Å². The number of aromatic nitrogens is 1. The smallest absolute Gasteiger partial charge is 0.216 e. The van der Waals surface area contributed by atoms with Gasteiger partial charge in [0.05, 0.1) is 5.56 Å². The van der Waals surface area contributed by atoms with Crippen LogP contribution in [-0.2, 0) is 7.05 Å². The lowest BCUT2D eigenvalue weighted by Crippen LogP contribution is -2.30. The van der Waals surface area contributed by atoms with E-state index in [1.807, 2.05) is 0 Å². The molecule has 2 heterocycles. The quantitative estimate of drug-likeness (QED) is 0.359. The summed E-state index contributed by atoms with van der Waals surface area (Å²) >= 11 is 0. The van der Waals surface area contributed by atoms with Gasteiger partial charge in [0.1, 0.15) is 18.2 Å². The van der Waals surface area contributed by atoms with Gasteiger partial charge in [0.2, 0.25) is 5.69 Å². The molecule has 0 saturated carbocycles. The van der Waals surface area contributed by atoms with E-state index in [-0.39, 0.29) is 0 Å². The van der Waals surface area contributed by atoms with E-state index >= 15 is 0 Å². The van der Waals surface area contributed by atoms with Crippen molar-refractivity contribution in [1.82, 2.24) is 0 Å². The maximum absolute atomic E-state index is 6.72. The van der Waals surface area contributed by atoms with Gasteiger partial charge in [-0.3, -0.25) is 0 Å². The molecule has 2 atom stereocenters. The average molecular weight is 376 g/mol. The molecule has 0 N–H and O–H groups in total. The van der Waals surface area contributed by atoms with Gasteiger partial charge in [0, 0.05) is 40.3 Å². The molecule has 2 aliphatic rings. The van der Waals surface area contributed by atoms with Crippen molar-refractivity contribution in [2.45, 2.75) is 12.8 Å². The number of aryl methyl sites for hydroxylation is 2. The Morgan fingerprint density at radius 1 is 0.862 bits per heavy atom. The second kappa shape index (κ2) is 6.05. The van der Waals surface area contributed by atoms with Crippen molar-refractivity contribution in [3.8, 4) is 11.3 Å². The van der Waals surface area contributed by atoms with Crippen LogP contribution in [0.5, 0.6) is 0 Å². The first-order chi connectivity index (χ1) is 14.2. The topological polar surface area (TPSA) is 17.0 Å². The van der Waals surface area contributed by atoms with Crippen LogP contribution in [-0.4, -0.2) is 0 Å². The summed E-state index contributed by atoms with van der Waals surface area (Å²) in [5.74, 6) is 0.737. The lowest BCUT2D eigenvalue weighted by molar-refractivity contribution is -0.660. The number of furan rings is 1. The van der Waals surface area contributed by atoms with Gasteiger partial charge in [-0.15, -0.1) is 0 Å². The van der Waals surface area contributed by atoms with Crippen LogP contribution >= 0.6 is 0 Å². The molecule has 0 radical (unpaired) electrons. The van der Waals surface area contributed by atoms with Gasteiger partial charge in [-0.25, -0.2) is 4.57 Å². The number of hydrogen-bond donors (Lipinski definition) is 0. The van der Waals surface area contributed by atoms with E-state index in [1.165, 1.54) is 38.7 Å². The summed E-state index contributed by atoms with van der Waals surface area (Å²) < 4.78 is 8.88. The minimum atomic E-state index is 0.335. The summed E-state index contributed by atoms with van der Waals surface area (Å²) in [6, 6.07) is 15.2. The predicted molar refractivity (Wildman–Crippen MR) is 119 cm³/mol. The van der Waals surface area contributed by atoms with Gasteiger partial charge < -0.3 is 4.42 Å². The zero-order valence-corrected chi connectivity index (χ0v) is 16.6. The van der Waals surface area contributed by atoms with E-state index < -0.39 is 0 Å². The molecular formula is C27H22NO+. The molecule has 0 spiro atoms. The first-order valence-corrected chi connectivity index (χ1v) is 10.2. The van der Waals surface area contributed by atoms with Crippen LogP contribution in [0.1, 0.15) is 22.6 Å². The van der Waals surface area contributed by atoms with Crippen LogP contribution in [0.3, 0.4) is 0 Å². The van der Waals surface area contributed by atoms with Crippen molar-refractivity contribution >= 4 is 28.0 Å². The normalized spacial score (nSPS) is 19.7. The second-order valence-electron chi connectivity index (χ2n) is 8.11. The molecule has 29 heavy (non-hydrogen) atoms. The SMILES string of the molecule is Cc1ccc2c(oc3c4c(ccc32)C=CC2C=CC=CC42)c1-c1cccc[n+]1C. The fraction of sp³-hybridized carbons (Fsp3) is 0.148. The van der Waals surface area contributed by atoms with Crippen molar-refractivity contribution in [3.63, 3.8) is 0 Å². The van der Waals surface area contributed by atoms with E-state index in [0.29, 0.717) is 11.8 Å². The summed E-state index contributed by atoms with van der Waals surface area (Å²) in [5.41, 5.74) is 8.16. The molecule has 2 aromatic carbocycles. The van der Waals surface area contributed by atoms with Crippen molar-refractivity contribution in [2.75, 3.05) is 0 Å². The zero-order chi connectivity index (χ0) is 19.5. The molecule has 2 unspecified atom stereocenters. The molecule has 0 aliphatic heterocycles. The number of allylic oxidation sites excluding steroid dienone is 5. The van der Waals surface area contributed by atoms with Gasteiger partial charge in [0.25, 0.3) is 0 Å². The molecule has 2 heteroatoms. The Morgan fingerprint density at radius 2 is 1.69 bits per heavy atom. The van der Waals surface area contributed by atoms with E-state index in [1.54, 1.807) is 0 Å². The monoisotopic (exact) mass is 376 g/mol. The van der Waals surface area contributed by atoms with Crippen LogP contribution in [0.15, 0.2) is 83.5 Å². The highest BCUT2D eigenvalue weighted by Gasteiger charge is 2.29. The van der Waals surface area contributed by atoms with Crippen molar-refractivity contribution in [2.24, 2.45) is 13.0 Å². The van der Waals surface area contributed by atoms with Crippen molar-refractivity contribution in [1.29, 1.82) is 0 Å². The third-order valence-corrected chi connectivity index (χ3v) is 6.41. The summed E-state index contributed by atoms with van der Waals surface area (Å²) in [6.07, 6.45) is 15.5. The zero-order valence-electron chi connectivity index (χ0n) is 16.6. The lowest BCUT2D eigenvalue weighted by Gasteiger charge is -2.27. The highest BCUT2D eigenvalue weighted by Crippen LogP contribution is 2.45. The van der Waals surface area contributed by atoms with Gasteiger partial charge >= 0.3 is 0 Å². The van der Waals surface area contributed by atoms with Gasteiger partial charge in [-0.1, -0.05) is 54.7 Å². The number of pyridine rings is 1. The minimum Gasteiger partial charge on any atom is -0.455 e. The Kier molecular flexibility index (Phi) is 3.45. The Bertz CT molecular complexity index is 1380. The fourth-order valence-electron chi connectivity index (χ4n) is 4.94. The molecular weight excluding hydrogens is 354 g/mol. The number of benzene rings is 2. The molecule has 2 aromatic heterocycles. The molecule has 2 aliphatic carbocycles. The molecule has 2 nitrogen and oxygen atoms in total. The predicted octanol–water partition coefficient (Wildman–Crippen LogP) is 6.24. The molecule has 0 fully saturated rings. The molecule has 4 aromatic rings. The van der Waals surface area contributed by atoms with Gasteiger partial charge in [0.15, 0.2) is 6.20 Å². The number of rotatable bonds is 1. The Hall–Kier alpha value is -3.39. The van der Waals surface area contributed by atoms with E-state index in [4.69, 9.17) is 4.42 Å². The van der Waals surface area contributed by atoms with Crippen molar-refractivity contribution < 1.29 is 8.98 Å². The minimum absolute atomic E-state index is 0.335. The van der Waals surface area contributed by atoms with Gasteiger partial charge in [-0.2, -0.15) is 0 Å². The maximum atomic E-state index is 6.72. The standard InChI is InChI=1S/C27H22NO/c1-17-10-14-21-22-15-13-19-12-11-18-7-3-4-8-20(18)25(19)27(22)29-26(21)24(17)23-9-5-6-16-28(23)2/h3-16,18,20H,1-2H3/q+1. The third-order valence-electron chi connectivity index (χ3n) is 6.41. The van der Waals surface area contributed by atoms with Crippen LogP contribution in [0, 0.1) is 12.8 Å². The number of hydrogen-bond acceptors (Lipinski definition) is 1. The summed E-state index contributed by atoms with van der Waals surface area (Å²) in [6.45, 7) is 2.16. The van der Waals surface area contributed by atoms with E-state index in [0.717, 1.165) is 11.2 Å². The lowest BCUT2D eigenvalue weighted by atomic mass is 9.76. The summed E-state index contributed by atoms with van der Waals surface area (Å²) in [5, 5.41) is 2.39. The molecule has 140 valence electrons. The van der Waals surface area contributed by atoms with E-state index in [2.05, 4.69) is 104 Å². The summed E-state index contributed by atoms with van der Waals surface area (Å²) in [4.78, 5) is 0. The highest BCUT2D eigenvalue weighted by atomic mass is 16.3. The molecule has 0 bridgehead atoms. The third kappa shape index (κ3) is 2.32. The van der Waals surface area contributed by atoms with Crippen LogP contribution in [0.2, 0.25) is 0 Å². The maximum Gasteiger partial charge on any atom is 0.216 e. The first-order valence-electron chi connectivity index (χ1n) is 10.2. The second-order valence-corrected chi connectivity index (χ2v) is 8.11. The molecule has 6 rings (SSSR count). The Labute approximate surface area is 170 Å². The summed E-state index contributed by atoms with van der Waals surface area (Å²) in [7, 11) is 2.09. The Balaban J connectivity index is 1.71. The van der Waals surface area contributed by atoms with Crippen molar-refractivity contribution in [3.05, 3.63) is 95.7 Å².